The van der Waals surface area contributed by atoms with Crippen LogP contribution < -0.4 is 10.6 Å². The Morgan fingerprint density at radius 1 is 0.953 bits per heavy atom. The minimum atomic E-state index is -1.15. The summed E-state index contributed by atoms with van der Waals surface area (Å²) >= 11 is 0. The number of aromatic hydroxyl groups is 1. The highest BCUT2D eigenvalue weighted by atomic mass is 16.6. The Morgan fingerprint density at radius 2 is 1.65 bits per heavy atom. The summed E-state index contributed by atoms with van der Waals surface area (Å²) < 4.78 is 5.49. The molecule has 0 bridgehead atoms. The molecule has 0 heterocycles. The normalized spacial score (nSPS) is 13.6. The first-order valence-corrected chi connectivity index (χ1v) is 15.2. The van der Waals surface area contributed by atoms with Crippen LogP contribution in [0.5, 0.6) is 5.75 Å². The Balaban J connectivity index is 2.09. The Morgan fingerprint density at radius 3 is 2.30 bits per heavy atom. The molecule has 3 unspecified atom stereocenters. The van der Waals surface area contributed by atoms with Crippen LogP contribution in [0, 0.1) is 12.8 Å². The van der Waals surface area contributed by atoms with Gasteiger partial charge in [-0.3, -0.25) is 9.59 Å². The van der Waals surface area contributed by atoms with E-state index < -0.39 is 35.6 Å². The van der Waals surface area contributed by atoms with Crippen LogP contribution in [-0.2, 0) is 14.3 Å². The van der Waals surface area contributed by atoms with E-state index in [1.165, 1.54) is 4.90 Å². The van der Waals surface area contributed by atoms with Crippen molar-refractivity contribution in [2.45, 2.75) is 91.8 Å². The second-order valence-electron chi connectivity index (χ2n) is 12.2. The summed E-state index contributed by atoms with van der Waals surface area (Å²) in [4.78, 5) is 43.1. The molecule has 0 aromatic heterocycles. The van der Waals surface area contributed by atoms with Crippen LogP contribution in [0.15, 0.2) is 60.7 Å². The lowest BCUT2D eigenvalue weighted by atomic mass is 9.94. The summed E-state index contributed by atoms with van der Waals surface area (Å²) in [6.45, 7) is 13.2. The fraction of sp³-hybridized carbons (Fsp3) is 0.457. The highest BCUT2D eigenvalue weighted by Crippen LogP contribution is 2.34. The van der Waals surface area contributed by atoms with Crippen molar-refractivity contribution < 1.29 is 24.2 Å². The number of hydrogen-bond donors (Lipinski definition) is 3. The summed E-state index contributed by atoms with van der Waals surface area (Å²) in [5.41, 5.74) is 0.742. The molecule has 3 amide bonds. The highest BCUT2D eigenvalue weighted by molar-refractivity contribution is 6.00. The van der Waals surface area contributed by atoms with Gasteiger partial charge in [0, 0.05) is 17.8 Å². The van der Waals surface area contributed by atoms with Gasteiger partial charge >= 0.3 is 6.09 Å². The van der Waals surface area contributed by atoms with E-state index in [1.54, 1.807) is 45.9 Å². The number of ether oxygens (including phenoxy) is 1. The second kappa shape index (κ2) is 14.9. The number of benzene rings is 3. The molecule has 8 heteroatoms. The van der Waals surface area contributed by atoms with Gasteiger partial charge in [0.15, 0.2) is 0 Å². The molecule has 0 saturated carbocycles. The average Bonchev–Trinajstić information content (AvgIpc) is 2.95. The van der Waals surface area contributed by atoms with Crippen molar-refractivity contribution in [2.75, 3.05) is 11.9 Å². The third-order valence-corrected chi connectivity index (χ3v) is 7.58. The van der Waals surface area contributed by atoms with Crippen LogP contribution >= 0.6 is 0 Å². The van der Waals surface area contributed by atoms with E-state index in [4.69, 9.17) is 4.74 Å². The molecule has 0 spiro atoms. The second-order valence-corrected chi connectivity index (χ2v) is 12.2. The number of carbonyl (C=O) groups excluding carboxylic acids is 3. The number of carbonyl (C=O) groups is 3. The lowest BCUT2D eigenvalue weighted by molar-refractivity contribution is -0.142. The molecule has 3 atom stereocenters. The number of alkyl carbamates (subject to hydrolysis) is 1. The maximum absolute atomic E-state index is 14.5. The zero-order chi connectivity index (χ0) is 31.7. The number of para-hydroxylation sites is 1. The van der Waals surface area contributed by atoms with E-state index in [9.17, 15) is 19.5 Å². The third-order valence-electron chi connectivity index (χ3n) is 7.58. The molecule has 0 aliphatic carbocycles. The summed E-state index contributed by atoms with van der Waals surface area (Å²) in [5.74, 6) is -1.16. The molecule has 43 heavy (non-hydrogen) atoms. The predicted molar refractivity (Wildman–Crippen MR) is 172 cm³/mol. The number of phenolic OH excluding ortho intramolecular Hbond substituents is 1. The van der Waals surface area contributed by atoms with E-state index in [-0.39, 0.29) is 18.2 Å². The molecule has 0 fully saturated rings. The van der Waals surface area contributed by atoms with Gasteiger partial charge in [0.1, 0.15) is 23.4 Å². The molecule has 232 valence electrons. The minimum absolute atomic E-state index is 0.0466. The molecule has 3 aromatic carbocycles. The smallest absolute Gasteiger partial charge is 0.408 e. The summed E-state index contributed by atoms with van der Waals surface area (Å²) in [5, 5.41) is 19.0. The molecular formula is C35H47N3O5. The van der Waals surface area contributed by atoms with Crippen molar-refractivity contribution in [3.8, 4) is 5.75 Å². The van der Waals surface area contributed by atoms with Crippen LogP contribution in [0.2, 0.25) is 0 Å². The number of fused-ring (bicyclic) bond motifs is 1. The van der Waals surface area contributed by atoms with Gasteiger partial charge in [-0.2, -0.15) is 0 Å². The summed E-state index contributed by atoms with van der Waals surface area (Å²) in [6, 6.07) is 16.6. The molecule has 8 nitrogen and oxygen atoms in total. The van der Waals surface area contributed by atoms with E-state index in [0.29, 0.717) is 29.7 Å². The SMILES string of the molecule is CCCCCN(C(=O)C(NC(=O)OC(C)(C)C)C(C)CC)C(C(=O)Nc1ccc2ccccc2c1)c1cccc(C)c1O. The zero-order valence-electron chi connectivity index (χ0n) is 26.6. The summed E-state index contributed by atoms with van der Waals surface area (Å²) in [6.07, 6.45) is 2.31. The van der Waals surface area contributed by atoms with E-state index in [0.717, 1.165) is 23.6 Å². The van der Waals surface area contributed by atoms with Gasteiger partial charge in [0.2, 0.25) is 5.91 Å². The quantitative estimate of drug-likeness (QED) is 0.190. The van der Waals surface area contributed by atoms with Gasteiger partial charge in [-0.1, -0.05) is 88.6 Å². The van der Waals surface area contributed by atoms with Crippen molar-refractivity contribution in [3.05, 3.63) is 71.8 Å². The van der Waals surface area contributed by atoms with Crippen molar-refractivity contribution in [1.29, 1.82) is 0 Å². The van der Waals surface area contributed by atoms with Crippen molar-refractivity contribution in [2.24, 2.45) is 5.92 Å². The number of nitrogens with one attached hydrogen (secondary N) is 2. The van der Waals surface area contributed by atoms with Crippen LogP contribution in [0.1, 0.15) is 84.4 Å². The number of nitrogens with zero attached hydrogens (tertiary/aromatic N) is 1. The minimum Gasteiger partial charge on any atom is -0.507 e. The van der Waals surface area contributed by atoms with E-state index >= 15 is 0 Å². The predicted octanol–water partition coefficient (Wildman–Crippen LogP) is 7.49. The number of rotatable bonds is 12. The van der Waals surface area contributed by atoms with Gasteiger partial charge in [-0.25, -0.2) is 4.79 Å². The highest BCUT2D eigenvalue weighted by Gasteiger charge is 2.39. The summed E-state index contributed by atoms with van der Waals surface area (Å²) in [7, 11) is 0. The van der Waals surface area contributed by atoms with Crippen LogP contribution in [0.25, 0.3) is 10.8 Å². The Kier molecular flexibility index (Phi) is 11.6. The molecule has 0 aliphatic heterocycles. The fourth-order valence-electron chi connectivity index (χ4n) is 5.03. The number of aryl methyl sites for hydroxylation is 1. The first-order valence-electron chi connectivity index (χ1n) is 15.2. The molecule has 3 N–H and O–H groups in total. The van der Waals surface area contributed by atoms with Gasteiger partial charge in [0.25, 0.3) is 5.91 Å². The van der Waals surface area contributed by atoms with Gasteiger partial charge in [-0.05, 0) is 68.5 Å². The van der Waals surface area contributed by atoms with Crippen molar-refractivity contribution >= 4 is 34.4 Å². The third kappa shape index (κ3) is 8.96. The molecule has 0 radical (unpaired) electrons. The van der Waals surface area contributed by atoms with E-state index in [2.05, 4.69) is 17.6 Å². The lowest BCUT2D eigenvalue weighted by Gasteiger charge is -2.36. The number of unbranched alkanes of at least 4 members (excludes halogenated alkanes) is 2. The van der Waals surface area contributed by atoms with Gasteiger partial charge in [0.05, 0.1) is 0 Å². The van der Waals surface area contributed by atoms with Gasteiger partial charge < -0.3 is 25.4 Å². The fourth-order valence-corrected chi connectivity index (χ4v) is 5.03. The monoisotopic (exact) mass is 589 g/mol. The molecule has 3 rings (SSSR count). The Hall–Kier alpha value is -4.07. The Labute approximate surface area is 255 Å². The lowest BCUT2D eigenvalue weighted by Crippen LogP contribution is -2.55. The number of amides is 3. The van der Waals surface area contributed by atoms with Crippen molar-refractivity contribution in [1.82, 2.24) is 10.2 Å². The number of hydrogen-bond acceptors (Lipinski definition) is 5. The maximum atomic E-state index is 14.5. The zero-order valence-corrected chi connectivity index (χ0v) is 26.6. The molecule has 3 aromatic rings. The molecular weight excluding hydrogens is 542 g/mol. The van der Waals surface area contributed by atoms with Crippen LogP contribution in [0.4, 0.5) is 10.5 Å². The topological polar surface area (TPSA) is 108 Å². The average molecular weight is 590 g/mol. The maximum Gasteiger partial charge on any atom is 0.408 e. The molecule has 0 saturated heterocycles. The van der Waals surface area contributed by atoms with E-state index in [1.807, 2.05) is 56.3 Å². The van der Waals surface area contributed by atoms with Crippen molar-refractivity contribution in [3.63, 3.8) is 0 Å². The first kappa shape index (κ1) is 33.4. The van der Waals surface area contributed by atoms with Crippen LogP contribution in [0.3, 0.4) is 0 Å². The van der Waals surface area contributed by atoms with Gasteiger partial charge in [-0.15, -0.1) is 0 Å². The Bertz CT molecular complexity index is 1410. The standard InChI is InChI=1S/C35H47N3O5/c1-8-10-13-21-38(33(41)29(23(3)9-2)37-34(42)43-35(5,6)7)30(28-18-14-15-24(4)31(28)39)32(40)36-27-20-19-25-16-11-12-17-26(25)22-27/h11-12,14-20,22-23,29-30,39H,8-10,13,21H2,1-7H3,(H,36,40)(H,37,42). The van der Waals surface area contributed by atoms with Crippen LogP contribution in [-0.4, -0.2) is 46.1 Å². The first-order chi connectivity index (χ1) is 20.4. The largest absolute Gasteiger partial charge is 0.507 e. The number of phenols is 1. The number of anilines is 1. The molecule has 0 aliphatic rings.